The number of hydrogen-bond donors (Lipinski definition) is 1. The zero-order valence-corrected chi connectivity index (χ0v) is 16.7. The third-order valence-electron chi connectivity index (χ3n) is 4.76. The molecule has 0 atom stereocenters. The maximum Gasteiger partial charge on any atom is 0.227 e. The van der Waals surface area contributed by atoms with Crippen molar-refractivity contribution in [2.24, 2.45) is 5.92 Å². The van der Waals surface area contributed by atoms with E-state index in [1.54, 1.807) is 0 Å². The van der Waals surface area contributed by atoms with Gasteiger partial charge in [-0.15, -0.1) is 0 Å². The Morgan fingerprint density at radius 1 is 1.19 bits per heavy atom. The molecule has 0 aliphatic carbocycles. The number of piperidine rings is 1. The van der Waals surface area contributed by atoms with Gasteiger partial charge in [-0.1, -0.05) is 35.9 Å². The molecule has 2 aromatic carbocycles. The van der Waals surface area contributed by atoms with Gasteiger partial charge < -0.3 is 10.1 Å². The lowest BCUT2D eigenvalue weighted by Gasteiger charge is -2.31. The average molecular weight is 387 g/mol. The van der Waals surface area contributed by atoms with E-state index in [1.165, 1.54) is 5.56 Å². The number of amides is 1. The molecule has 1 N–H and O–H groups in total. The van der Waals surface area contributed by atoms with Crippen molar-refractivity contribution in [3.8, 4) is 5.75 Å². The molecule has 3 rings (SSSR count). The fourth-order valence-electron chi connectivity index (χ4n) is 3.41. The Morgan fingerprint density at radius 2 is 1.93 bits per heavy atom. The van der Waals surface area contributed by atoms with Gasteiger partial charge in [-0.2, -0.15) is 0 Å². The van der Waals surface area contributed by atoms with Crippen LogP contribution in [-0.4, -0.2) is 30.0 Å². The molecule has 0 radical (unpaired) electrons. The number of likely N-dealkylation sites (tertiary alicyclic amines) is 1. The number of rotatable bonds is 6. The normalized spacial score (nSPS) is 15.7. The predicted octanol–water partition coefficient (Wildman–Crippen LogP) is 4.98. The number of carbonyl (C=O) groups excluding carboxylic acids is 1. The highest BCUT2D eigenvalue weighted by Gasteiger charge is 2.25. The Labute approximate surface area is 166 Å². The molecule has 0 spiro atoms. The molecule has 0 saturated carbocycles. The third kappa shape index (κ3) is 5.72. The molecule has 0 unspecified atom stereocenters. The number of carbonyl (C=O) groups is 1. The molecule has 1 saturated heterocycles. The van der Waals surface area contributed by atoms with E-state index in [4.69, 9.17) is 16.3 Å². The van der Waals surface area contributed by atoms with Crippen LogP contribution in [0.2, 0.25) is 5.02 Å². The minimum absolute atomic E-state index is 0.0349. The van der Waals surface area contributed by atoms with Crippen LogP contribution in [-0.2, 0) is 11.3 Å². The predicted molar refractivity (Wildman–Crippen MR) is 110 cm³/mol. The van der Waals surface area contributed by atoms with Crippen LogP contribution in [0, 0.1) is 5.92 Å². The van der Waals surface area contributed by atoms with E-state index in [0.717, 1.165) is 48.9 Å². The van der Waals surface area contributed by atoms with Crippen molar-refractivity contribution in [1.82, 2.24) is 4.90 Å². The van der Waals surface area contributed by atoms with E-state index in [-0.39, 0.29) is 17.9 Å². The number of nitrogens with zero attached hydrogens (tertiary/aromatic N) is 1. The molecule has 144 valence electrons. The first-order valence-corrected chi connectivity index (χ1v) is 9.92. The van der Waals surface area contributed by atoms with E-state index in [1.807, 2.05) is 56.3 Å². The SMILES string of the molecule is CC(C)Oc1ccccc1NC(=O)C1CCN(Cc2cccc(Cl)c2)CC1. The van der Waals surface area contributed by atoms with Crippen LogP contribution in [0.3, 0.4) is 0 Å². The van der Waals surface area contributed by atoms with Crippen molar-refractivity contribution in [3.63, 3.8) is 0 Å². The van der Waals surface area contributed by atoms with Gasteiger partial charge in [-0.3, -0.25) is 9.69 Å². The lowest BCUT2D eigenvalue weighted by Crippen LogP contribution is -2.37. The van der Waals surface area contributed by atoms with E-state index < -0.39 is 0 Å². The summed E-state index contributed by atoms with van der Waals surface area (Å²) in [6, 6.07) is 15.6. The average Bonchev–Trinajstić information content (AvgIpc) is 2.63. The van der Waals surface area contributed by atoms with Crippen molar-refractivity contribution in [2.75, 3.05) is 18.4 Å². The van der Waals surface area contributed by atoms with Gasteiger partial charge in [0.2, 0.25) is 5.91 Å². The smallest absolute Gasteiger partial charge is 0.227 e. The van der Waals surface area contributed by atoms with Crippen LogP contribution in [0.15, 0.2) is 48.5 Å². The zero-order chi connectivity index (χ0) is 19.2. The molecule has 0 bridgehead atoms. The van der Waals surface area contributed by atoms with Crippen LogP contribution in [0.1, 0.15) is 32.3 Å². The number of anilines is 1. The second kappa shape index (κ2) is 9.25. The quantitative estimate of drug-likeness (QED) is 0.761. The van der Waals surface area contributed by atoms with Crippen molar-refractivity contribution < 1.29 is 9.53 Å². The van der Waals surface area contributed by atoms with Gasteiger partial charge in [0, 0.05) is 17.5 Å². The lowest BCUT2D eigenvalue weighted by molar-refractivity contribution is -0.121. The first kappa shape index (κ1) is 19.7. The molecule has 4 nitrogen and oxygen atoms in total. The minimum Gasteiger partial charge on any atom is -0.489 e. The fourth-order valence-corrected chi connectivity index (χ4v) is 3.62. The monoisotopic (exact) mass is 386 g/mol. The van der Waals surface area contributed by atoms with Gasteiger partial charge >= 0.3 is 0 Å². The summed E-state index contributed by atoms with van der Waals surface area (Å²) in [5.41, 5.74) is 1.96. The molecule has 1 fully saturated rings. The standard InChI is InChI=1S/C22H27ClN2O2/c1-16(2)27-21-9-4-3-8-20(21)24-22(26)18-10-12-25(13-11-18)15-17-6-5-7-19(23)14-17/h3-9,14,16,18H,10-13,15H2,1-2H3,(H,24,26). The summed E-state index contributed by atoms with van der Waals surface area (Å²) in [6.07, 6.45) is 1.79. The Bertz CT molecular complexity index is 770. The largest absolute Gasteiger partial charge is 0.489 e. The molecule has 5 heteroatoms. The fraction of sp³-hybridized carbons (Fsp3) is 0.409. The zero-order valence-electron chi connectivity index (χ0n) is 16.0. The summed E-state index contributed by atoms with van der Waals surface area (Å²) >= 11 is 6.07. The highest BCUT2D eigenvalue weighted by molar-refractivity contribution is 6.30. The number of nitrogens with one attached hydrogen (secondary N) is 1. The van der Waals surface area contributed by atoms with Gasteiger partial charge in [0.1, 0.15) is 5.75 Å². The van der Waals surface area contributed by atoms with Crippen molar-refractivity contribution in [1.29, 1.82) is 0 Å². The highest BCUT2D eigenvalue weighted by Crippen LogP contribution is 2.27. The lowest BCUT2D eigenvalue weighted by atomic mass is 9.95. The van der Waals surface area contributed by atoms with Crippen LogP contribution < -0.4 is 10.1 Å². The van der Waals surface area contributed by atoms with Gasteiger partial charge in [0.05, 0.1) is 11.8 Å². The summed E-state index contributed by atoms with van der Waals surface area (Å²) in [4.78, 5) is 15.1. The van der Waals surface area contributed by atoms with Crippen LogP contribution in [0.4, 0.5) is 5.69 Å². The second-order valence-electron chi connectivity index (χ2n) is 7.33. The van der Waals surface area contributed by atoms with Gasteiger partial charge in [-0.25, -0.2) is 0 Å². The van der Waals surface area contributed by atoms with Crippen LogP contribution >= 0.6 is 11.6 Å². The number of halogens is 1. The maximum atomic E-state index is 12.7. The molecule has 1 amide bonds. The van der Waals surface area contributed by atoms with E-state index in [9.17, 15) is 4.79 Å². The first-order valence-electron chi connectivity index (χ1n) is 9.54. The molecule has 1 aliphatic rings. The van der Waals surface area contributed by atoms with Gasteiger partial charge in [0.25, 0.3) is 0 Å². The maximum absolute atomic E-state index is 12.7. The molecular formula is C22H27ClN2O2. The number of hydrogen-bond acceptors (Lipinski definition) is 3. The molecule has 1 heterocycles. The van der Waals surface area contributed by atoms with Gasteiger partial charge in [0.15, 0.2) is 0 Å². The Balaban J connectivity index is 1.53. The molecular weight excluding hydrogens is 360 g/mol. The van der Waals surface area contributed by atoms with E-state index in [0.29, 0.717) is 0 Å². The summed E-state index contributed by atoms with van der Waals surface area (Å²) in [5.74, 6) is 0.837. The first-order chi connectivity index (χ1) is 13.0. The van der Waals surface area contributed by atoms with Crippen molar-refractivity contribution >= 4 is 23.2 Å². The van der Waals surface area contributed by atoms with Gasteiger partial charge in [-0.05, 0) is 69.6 Å². The van der Waals surface area contributed by atoms with Crippen LogP contribution in [0.5, 0.6) is 5.75 Å². The summed E-state index contributed by atoms with van der Waals surface area (Å²) in [5, 5.41) is 3.83. The Kier molecular flexibility index (Phi) is 6.75. The third-order valence-corrected chi connectivity index (χ3v) is 5.00. The molecule has 0 aromatic heterocycles. The Morgan fingerprint density at radius 3 is 2.63 bits per heavy atom. The molecule has 2 aromatic rings. The van der Waals surface area contributed by atoms with Crippen LogP contribution in [0.25, 0.3) is 0 Å². The van der Waals surface area contributed by atoms with E-state index >= 15 is 0 Å². The molecule has 1 aliphatic heterocycles. The topological polar surface area (TPSA) is 41.6 Å². The minimum atomic E-state index is 0.0349. The Hall–Kier alpha value is -2.04. The summed E-state index contributed by atoms with van der Waals surface area (Å²) < 4.78 is 5.79. The molecule has 27 heavy (non-hydrogen) atoms. The number of benzene rings is 2. The van der Waals surface area contributed by atoms with Crippen molar-refractivity contribution in [3.05, 3.63) is 59.1 Å². The summed E-state index contributed by atoms with van der Waals surface area (Å²) in [6.45, 7) is 6.66. The number of para-hydroxylation sites is 2. The highest BCUT2D eigenvalue weighted by atomic mass is 35.5. The van der Waals surface area contributed by atoms with E-state index in [2.05, 4.69) is 16.3 Å². The number of ether oxygens (including phenoxy) is 1. The van der Waals surface area contributed by atoms with Crippen molar-refractivity contribution in [2.45, 2.75) is 39.3 Å². The summed E-state index contributed by atoms with van der Waals surface area (Å²) in [7, 11) is 0. The second-order valence-corrected chi connectivity index (χ2v) is 7.77.